The van der Waals surface area contributed by atoms with E-state index in [0.29, 0.717) is 17.9 Å². The number of sulfonamides is 1. The average Bonchev–Trinajstić information content (AvgIpc) is 2.96. The third-order valence-electron chi connectivity index (χ3n) is 6.83. The summed E-state index contributed by atoms with van der Waals surface area (Å²) >= 11 is 0. The SMILES string of the molecule is CC[C@H](C)NC(=O)[C@H](CC)N(Cc1ccccc1)C(=O)CN(c1ccc(C)cc1)S(=O)(=O)c1ccc(OC)cc1. The summed E-state index contributed by atoms with van der Waals surface area (Å²) in [7, 11) is -2.64. The fraction of sp³-hybridized carbons (Fsp3) is 0.355. The summed E-state index contributed by atoms with van der Waals surface area (Å²) in [6.07, 6.45) is 1.12. The van der Waals surface area contributed by atoms with Crippen molar-refractivity contribution in [3.05, 3.63) is 90.0 Å². The molecule has 0 aliphatic carbocycles. The second kappa shape index (κ2) is 14.0. The number of aryl methyl sites for hydroxylation is 1. The van der Waals surface area contributed by atoms with E-state index < -0.39 is 28.5 Å². The lowest BCUT2D eigenvalue weighted by Gasteiger charge is -2.33. The van der Waals surface area contributed by atoms with E-state index in [9.17, 15) is 18.0 Å². The first kappa shape index (κ1) is 30.7. The topological polar surface area (TPSA) is 96.0 Å². The van der Waals surface area contributed by atoms with Crippen molar-refractivity contribution < 1.29 is 22.7 Å². The Morgan fingerprint density at radius 3 is 2.08 bits per heavy atom. The number of amides is 2. The van der Waals surface area contributed by atoms with Gasteiger partial charge in [-0.15, -0.1) is 0 Å². The number of nitrogens with zero attached hydrogens (tertiary/aromatic N) is 2. The molecule has 0 heterocycles. The minimum atomic E-state index is -4.14. The molecule has 9 heteroatoms. The molecule has 1 N–H and O–H groups in total. The molecule has 0 radical (unpaired) electrons. The van der Waals surface area contributed by atoms with Gasteiger partial charge in [0.15, 0.2) is 0 Å². The van der Waals surface area contributed by atoms with Crippen LogP contribution in [0.4, 0.5) is 5.69 Å². The molecular weight excluding hydrogens is 526 g/mol. The number of nitrogens with one attached hydrogen (secondary N) is 1. The zero-order valence-corrected chi connectivity index (χ0v) is 24.6. The minimum absolute atomic E-state index is 0.0258. The van der Waals surface area contributed by atoms with Crippen LogP contribution in [0.5, 0.6) is 5.75 Å². The van der Waals surface area contributed by atoms with Gasteiger partial charge in [-0.2, -0.15) is 0 Å². The van der Waals surface area contributed by atoms with Crippen LogP contribution >= 0.6 is 0 Å². The average molecular weight is 566 g/mol. The van der Waals surface area contributed by atoms with E-state index in [2.05, 4.69) is 5.32 Å². The normalized spacial score (nSPS) is 12.7. The van der Waals surface area contributed by atoms with E-state index in [4.69, 9.17) is 4.74 Å². The molecule has 0 saturated carbocycles. The Morgan fingerprint density at radius 1 is 0.900 bits per heavy atom. The fourth-order valence-electron chi connectivity index (χ4n) is 4.26. The Kier molecular flexibility index (Phi) is 10.7. The highest BCUT2D eigenvalue weighted by Crippen LogP contribution is 2.26. The fourth-order valence-corrected chi connectivity index (χ4v) is 5.67. The largest absolute Gasteiger partial charge is 0.497 e. The second-order valence-electron chi connectivity index (χ2n) is 9.77. The van der Waals surface area contributed by atoms with Crippen molar-refractivity contribution in [2.75, 3.05) is 18.0 Å². The van der Waals surface area contributed by atoms with E-state index in [1.165, 1.54) is 24.1 Å². The molecule has 40 heavy (non-hydrogen) atoms. The first-order valence-electron chi connectivity index (χ1n) is 13.5. The standard InChI is InChI=1S/C31H39N3O5S/c1-6-24(4)32-31(36)29(7-2)33(21-25-11-9-8-10-12-25)30(35)22-34(26-15-13-23(3)14-16-26)40(37,38)28-19-17-27(39-5)18-20-28/h8-20,24,29H,6-7,21-22H2,1-5H3,(H,32,36)/t24-,29-/m0/s1. The van der Waals surface area contributed by atoms with Gasteiger partial charge in [0.1, 0.15) is 18.3 Å². The van der Waals surface area contributed by atoms with Crippen molar-refractivity contribution in [2.24, 2.45) is 0 Å². The smallest absolute Gasteiger partial charge is 0.264 e. The van der Waals surface area contributed by atoms with Crippen molar-refractivity contribution in [3.63, 3.8) is 0 Å². The zero-order chi connectivity index (χ0) is 29.3. The number of carbonyl (C=O) groups excluding carboxylic acids is 2. The highest BCUT2D eigenvalue weighted by Gasteiger charge is 2.34. The number of benzene rings is 3. The number of hydrogen-bond acceptors (Lipinski definition) is 5. The maximum absolute atomic E-state index is 14.1. The van der Waals surface area contributed by atoms with Gasteiger partial charge in [0.05, 0.1) is 17.7 Å². The third-order valence-corrected chi connectivity index (χ3v) is 8.62. The molecular formula is C31H39N3O5S. The van der Waals surface area contributed by atoms with Crippen LogP contribution in [0.2, 0.25) is 0 Å². The molecule has 3 aromatic rings. The Labute approximate surface area is 238 Å². The van der Waals surface area contributed by atoms with Gasteiger partial charge in [-0.1, -0.05) is 61.9 Å². The summed E-state index contributed by atoms with van der Waals surface area (Å²) in [5, 5.41) is 2.98. The first-order chi connectivity index (χ1) is 19.1. The molecule has 2 atom stereocenters. The van der Waals surface area contributed by atoms with Crippen molar-refractivity contribution in [1.82, 2.24) is 10.2 Å². The Morgan fingerprint density at radius 2 is 1.52 bits per heavy atom. The minimum Gasteiger partial charge on any atom is -0.497 e. The van der Waals surface area contributed by atoms with Gasteiger partial charge in [-0.05, 0) is 68.7 Å². The van der Waals surface area contributed by atoms with Crippen LogP contribution in [0.3, 0.4) is 0 Å². The van der Waals surface area contributed by atoms with E-state index in [0.717, 1.165) is 21.9 Å². The quantitative estimate of drug-likeness (QED) is 0.317. The van der Waals surface area contributed by atoms with Gasteiger partial charge >= 0.3 is 0 Å². The molecule has 0 aliphatic rings. The number of methoxy groups -OCH3 is 1. The molecule has 0 bridgehead atoms. The molecule has 0 spiro atoms. The number of carbonyl (C=O) groups is 2. The second-order valence-corrected chi connectivity index (χ2v) is 11.6. The first-order valence-corrected chi connectivity index (χ1v) is 14.9. The third kappa shape index (κ3) is 7.63. The molecule has 0 saturated heterocycles. The van der Waals surface area contributed by atoms with Gasteiger partial charge in [0, 0.05) is 12.6 Å². The molecule has 0 fully saturated rings. The summed E-state index contributed by atoms with van der Waals surface area (Å²) in [5.41, 5.74) is 2.15. The molecule has 2 amide bonds. The van der Waals surface area contributed by atoms with Crippen LogP contribution in [0, 0.1) is 6.92 Å². The van der Waals surface area contributed by atoms with E-state index in [-0.39, 0.29) is 23.4 Å². The lowest BCUT2D eigenvalue weighted by Crippen LogP contribution is -2.53. The molecule has 8 nitrogen and oxygen atoms in total. The Balaban J connectivity index is 2.04. The van der Waals surface area contributed by atoms with Gasteiger partial charge in [0.25, 0.3) is 10.0 Å². The number of rotatable bonds is 13. The number of ether oxygens (including phenoxy) is 1. The van der Waals surface area contributed by atoms with Crippen LogP contribution in [-0.4, -0.2) is 50.9 Å². The van der Waals surface area contributed by atoms with Gasteiger partial charge in [-0.25, -0.2) is 8.42 Å². The predicted molar refractivity (Wildman–Crippen MR) is 158 cm³/mol. The lowest BCUT2D eigenvalue weighted by molar-refractivity contribution is -0.140. The van der Waals surface area contributed by atoms with Gasteiger partial charge < -0.3 is 15.0 Å². The van der Waals surface area contributed by atoms with Crippen molar-refractivity contribution in [3.8, 4) is 5.75 Å². The summed E-state index contributed by atoms with van der Waals surface area (Å²) in [5.74, 6) is -0.224. The maximum atomic E-state index is 14.1. The van der Waals surface area contributed by atoms with Crippen LogP contribution < -0.4 is 14.4 Å². The van der Waals surface area contributed by atoms with Crippen molar-refractivity contribution in [1.29, 1.82) is 0 Å². The van der Waals surface area contributed by atoms with E-state index in [1.807, 2.05) is 58.0 Å². The van der Waals surface area contributed by atoms with Crippen molar-refractivity contribution >= 4 is 27.5 Å². The molecule has 0 aliphatic heterocycles. The highest BCUT2D eigenvalue weighted by atomic mass is 32.2. The molecule has 214 valence electrons. The molecule has 3 aromatic carbocycles. The molecule has 3 rings (SSSR count). The van der Waals surface area contributed by atoms with Gasteiger partial charge in [-0.3, -0.25) is 13.9 Å². The monoisotopic (exact) mass is 565 g/mol. The predicted octanol–water partition coefficient (Wildman–Crippen LogP) is 4.92. The van der Waals surface area contributed by atoms with Crippen LogP contribution in [0.1, 0.15) is 44.7 Å². The van der Waals surface area contributed by atoms with E-state index in [1.54, 1.807) is 36.4 Å². The zero-order valence-electron chi connectivity index (χ0n) is 23.8. The number of anilines is 1. The highest BCUT2D eigenvalue weighted by molar-refractivity contribution is 7.92. The van der Waals surface area contributed by atoms with Crippen molar-refractivity contribution in [2.45, 2.75) is 64.1 Å². The Hall–Kier alpha value is -3.85. The number of hydrogen-bond donors (Lipinski definition) is 1. The maximum Gasteiger partial charge on any atom is 0.264 e. The summed E-state index contributed by atoms with van der Waals surface area (Å²) < 4.78 is 34.1. The summed E-state index contributed by atoms with van der Waals surface area (Å²) in [6.45, 7) is 7.32. The van der Waals surface area contributed by atoms with Crippen LogP contribution in [-0.2, 0) is 26.2 Å². The van der Waals surface area contributed by atoms with Crippen LogP contribution in [0.15, 0.2) is 83.8 Å². The van der Waals surface area contributed by atoms with E-state index >= 15 is 0 Å². The Bertz CT molecular complexity index is 1360. The molecule has 0 aromatic heterocycles. The molecule has 0 unspecified atom stereocenters. The van der Waals surface area contributed by atoms with Gasteiger partial charge in [0.2, 0.25) is 11.8 Å². The summed E-state index contributed by atoms with van der Waals surface area (Å²) in [4.78, 5) is 28.9. The lowest BCUT2D eigenvalue weighted by atomic mass is 10.1. The van der Waals surface area contributed by atoms with Crippen LogP contribution in [0.25, 0.3) is 0 Å². The summed E-state index contributed by atoms with van der Waals surface area (Å²) in [6, 6.07) is 21.5.